The third kappa shape index (κ3) is 3.29. The van der Waals surface area contributed by atoms with Crippen LogP contribution in [0.25, 0.3) is 10.8 Å². The summed E-state index contributed by atoms with van der Waals surface area (Å²) in [5.74, 6) is 0.984. The smallest absolute Gasteiger partial charge is 0.226 e. The van der Waals surface area contributed by atoms with Crippen LogP contribution in [0.5, 0.6) is 5.75 Å². The molecule has 1 saturated heterocycles. The first-order valence-corrected chi connectivity index (χ1v) is 9.11. The lowest BCUT2D eigenvalue weighted by Gasteiger charge is -2.24. The maximum Gasteiger partial charge on any atom is 0.226 e. The van der Waals surface area contributed by atoms with Crippen LogP contribution in [0.4, 0.5) is 0 Å². The third-order valence-electron chi connectivity index (χ3n) is 5.01. The van der Waals surface area contributed by atoms with Gasteiger partial charge in [0.15, 0.2) is 0 Å². The minimum atomic E-state index is 0.147. The van der Waals surface area contributed by atoms with Gasteiger partial charge in [-0.2, -0.15) is 5.10 Å². The van der Waals surface area contributed by atoms with Crippen LogP contribution in [0.1, 0.15) is 30.9 Å². The highest BCUT2D eigenvalue weighted by Gasteiger charge is 2.30. The lowest BCUT2D eigenvalue weighted by atomic mass is 10.1. The zero-order valence-corrected chi connectivity index (χ0v) is 15.0. The molecule has 0 bridgehead atoms. The Kier molecular flexibility index (Phi) is 4.61. The van der Waals surface area contributed by atoms with Crippen molar-refractivity contribution in [3.05, 3.63) is 60.4 Å². The van der Waals surface area contributed by atoms with Crippen molar-refractivity contribution in [1.82, 2.24) is 14.7 Å². The topological polar surface area (TPSA) is 47.4 Å². The predicted molar refractivity (Wildman–Crippen MR) is 101 cm³/mol. The molecule has 4 rings (SSSR count). The Labute approximate surface area is 153 Å². The number of rotatable bonds is 5. The van der Waals surface area contributed by atoms with Gasteiger partial charge in [-0.05, 0) is 24.3 Å². The van der Waals surface area contributed by atoms with Gasteiger partial charge in [0.2, 0.25) is 5.91 Å². The van der Waals surface area contributed by atoms with E-state index in [1.165, 1.54) is 0 Å². The number of fused-ring (bicyclic) bond motifs is 1. The van der Waals surface area contributed by atoms with Gasteiger partial charge in [0.25, 0.3) is 0 Å². The number of ether oxygens (including phenoxy) is 1. The van der Waals surface area contributed by atoms with Crippen LogP contribution < -0.4 is 4.74 Å². The Morgan fingerprint density at radius 1 is 1.23 bits per heavy atom. The van der Waals surface area contributed by atoms with E-state index >= 15 is 0 Å². The van der Waals surface area contributed by atoms with Gasteiger partial charge in [0.05, 0.1) is 25.3 Å². The molecule has 1 aromatic heterocycles. The van der Waals surface area contributed by atoms with E-state index in [4.69, 9.17) is 4.74 Å². The number of benzene rings is 2. The van der Waals surface area contributed by atoms with Crippen LogP contribution in [-0.2, 0) is 11.8 Å². The van der Waals surface area contributed by atoms with E-state index in [-0.39, 0.29) is 11.9 Å². The van der Waals surface area contributed by atoms with Crippen molar-refractivity contribution in [1.29, 1.82) is 0 Å². The van der Waals surface area contributed by atoms with Crippen LogP contribution in [0, 0.1) is 0 Å². The van der Waals surface area contributed by atoms with Crippen LogP contribution >= 0.6 is 0 Å². The van der Waals surface area contributed by atoms with Crippen molar-refractivity contribution in [3.63, 3.8) is 0 Å². The molecule has 0 unspecified atom stereocenters. The summed E-state index contributed by atoms with van der Waals surface area (Å²) in [5.41, 5.74) is 1.12. The van der Waals surface area contributed by atoms with Gasteiger partial charge < -0.3 is 9.64 Å². The maximum absolute atomic E-state index is 12.7. The second kappa shape index (κ2) is 7.20. The van der Waals surface area contributed by atoms with Crippen molar-refractivity contribution in [3.8, 4) is 5.75 Å². The molecule has 0 spiro atoms. The Morgan fingerprint density at radius 2 is 2.08 bits per heavy atom. The first-order valence-electron chi connectivity index (χ1n) is 9.11. The Morgan fingerprint density at radius 3 is 2.92 bits per heavy atom. The molecule has 1 aliphatic rings. The normalized spacial score (nSPS) is 17.0. The summed E-state index contributed by atoms with van der Waals surface area (Å²) >= 11 is 0. The van der Waals surface area contributed by atoms with E-state index in [1.807, 2.05) is 54.7 Å². The standard InChI is InChI=1S/C21H23N3O2/c1-23-15-17(14-22-23)19-9-5-12-24(19)21(25)11-13-26-20-10-4-7-16-6-2-3-8-18(16)20/h2-4,6-8,10,14-15,19H,5,9,11-13H2,1H3/t19-/m1/s1. The van der Waals surface area contributed by atoms with Crippen molar-refractivity contribution in [2.24, 2.45) is 7.05 Å². The fourth-order valence-electron chi connectivity index (χ4n) is 3.74. The molecule has 5 nitrogen and oxygen atoms in total. The van der Waals surface area contributed by atoms with E-state index < -0.39 is 0 Å². The zero-order chi connectivity index (χ0) is 17.9. The molecular weight excluding hydrogens is 326 g/mol. The zero-order valence-electron chi connectivity index (χ0n) is 15.0. The van der Waals surface area contributed by atoms with Gasteiger partial charge in [-0.15, -0.1) is 0 Å². The highest BCUT2D eigenvalue weighted by atomic mass is 16.5. The largest absolute Gasteiger partial charge is 0.492 e. The number of nitrogens with zero attached hydrogens (tertiary/aromatic N) is 3. The fraction of sp³-hybridized carbons (Fsp3) is 0.333. The molecule has 134 valence electrons. The van der Waals surface area contributed by atoms with Gasteiger partial charge in [-0.25, -0.2) is 0 Å². The Hall–Kier alpha value is -2.82. The summed E-state index contributed by atoms with van der Waals surface area (Å²) in [7, 11) is 1.91. The van der Waals surface area contributed by atoms with Crippen LogP contribution in [0.3, 0.4) is 0 Å². The van der Waals surface area contributed by atoms with E-state index in [0.29, 0.717) is 13.0 Å². The van der Waals surface area contributed by atoms with Gasteiger partial charge in [0, 0.05) is 30.7 Å². The lowest BCUT2D eigenvalue weighted by molar-refractivity contribution is -0.132. The Bertz CT molecular complexity index is 913. The van der Waals surface area contributed by atoms with E-state index in [0.717, 1.165) is 41.5 Å². The minimum Gasteiger partial charge on any atom is -0.492 e. The summed E-state index contributed by atoms with van der Waals surface area (Å²) < 4.78 is 7.72. The molecule has 1 atom stereocenters. The molecule has 1 amide bonds. The monoisotopic (exact) mass is 349 g/mol. The van der Waals surface area contributed by atoms with Gasteiger partial charge in [0.1, 0.15) is 5.75 Å². The number of aromatic nitrogens is 2. The average Bonchev–Trinajstić information content (AvgIpc) is 3.30. The van der Waals surface area contributed by atoms with E-state index in [2.05, 4.69) is 17.2 Å². The van der Waals surface area contributed by atoms with Crippen molar-refractivity contribution in [2.75, 3.05) is 13.2 Å². The van der Waals surface area contributed by atoms with Gasteiger partial charge >= 0.3 is 0 Å². The maximum atomic E-state index is 12.7. The molecule has 0 radical (unpaired) electrons. The SMILES string of the molecule is Cn1cc([C@H]2CCCN2C(=O)CCOc2cccc3ccccc23)cn1. The van der Waals surface area contributed by atoms with Crippen molar-refractivity contribution < 1.29 is 9.53 Å². The predicted octanol–water partition coefficient (Wildman–Crippen LogP) is 3.71. The highest BCUT2D eigenvalue weighted by molar-refractivity contribution is 5.88. The molecule has 0 aliphatic carbocycles. The number of carbonyl (C=O) groups excluding carboxylic acids is 1. The molecule has 2 heterocycles. The first kappa shape index (κ1) is 16.6. The van der Waals surface area contributed by atoms with E-state index in [1.54, 1.807) is 4.68 Å². The van der Waals surface area contributed by atoms with E-state index in [9.17, 15) is 4.79 Å². The summed E-state index contributed by atoms with van der Waals surface area (Å²) in [4.78, 5) is 14.7. The molecule has 1 aliphatic heterocycles. The molecule has 0 N–H and O–H groups in total. The number of carbonyl (C=O) groups is 1. The molecule has 2 aromatic carbocycles. The highest BCUT2D eigenvalue weighted by Crippen LogP contribution is 2.32. The van der Waals surface area contributed by atoms with Gasteiger partial charge in [-0.1, -0.05) is 36.4 Å². The molecule has 5 heteroatoms. The molecular formula is C21H23N3O2. The minimum absolute atomic E-state index is 0.147. The second-order valence-corrected chi connectivity index (χ2v) is 6.77. The molecule has 1 fully saturated rings. The van der Waals surface area contributed by atoms with Gasteiger partial charge in [-0.3, -0.25) is 9.48 Å². The van der Waals surface area contributed by atoms with Crippen molar-refractivity contribution in [2.45, 2.75) is 25.3 Å². The molecule has 3 aromatic rings. The number of amides is 1. The molecule has 26 heavy (non-hydrogen) atoms. The fourth-order valence-corrected chi connectivity index (χ4v) is 3.74. The number of likely N-dealkylation sites (tertiary alicyclic amines) is 1. The summed E-state index contributed by atoms with van der Waals surface area (Å²) in [6, 6.07) is 14.3. The Balaban J connectivity index is 1.39. The van der Waals surface area contributed by atoms with Crippen LogP contribution in [0.2, 0.25) is 0 Å². The van der Waals surface area contributed by atoms with Crippen LogP contribution in [0.15, 0.2) is 54.9 Å². The van der Waals surface area contributed by atoms with Crippen LogP contribution in [-0.4, -0.2) is 33.7 Å². The lowest BCUT2D eigenvalue weighted by Crippen LogP contribution is -2.31. The third-order valence-corrected chi connectivity index (χ3v) is 5.01. The average molecular weight is 349 g/mol. The summed E-state index contributed by atoms with van der Waals surface area (Å²) in [6.07, 6.45) is 6.29. The number of aryl methyl sites for hydroxylation is 1. The quantitative estimate of drug-likeness (QED) is 0.705. The first-order chi connectivity index (χ1) is 12.7. The summed E-state index contributed by atoms with van der Waals surface area (Å²) in [5, 5.41) is 6.47. The second-order valence-electron chi connectivity index (χ2n) is 6.77. The summed E-state index contributed by atoms with van der Waals surface area (Å²) in [6.45, 7) is 1.20. The number of hydrogen-bond donors (Lipinski definition) is 0. The van der Waals surface area contributed by atoms with Crippen molar-refractivity contribution >= 4 is 16.7 Å². The number of hydrogen-bond acceptors (Lipinski definition) is 3. The molecule has 0 saturated carbocycles.